The van der Waals surface area contributed by atoms with Crippen LogP contribution in [0, 0.1) is 6.92 Å². The Morgan fingerprint density at radius 2 is 2.13 bits per heavy atom. The third kappa shape index (κ3) is 3.59. The minimum absolute atomic E-state index is 0.247. The van der Waals surface area contributed by atoms with Crippen molar-refractivity contribution in [3.8, 4) is 0 Å². The lowest BCUT2D eigenvalue weighted by Crippen LogP contribution is -2.17. The summed E-state index contributed by atoms with van der Waals surface area (Å²) in [6.07, 6.45) is 0.417. The fourth-order valence-electron chi connectivity index (χ4n) is 1.70. The van der Waals surface area contributed by atoms with E-state index in [1.807, 2.05) is 6.07 Å². The van der Waals surface area contributed by atoms with Crippen molar-refractivity contribution >= 4 is 15.9 Å². The van der Waals surface area contributed by atoms with E-state index in [0.29, 0.717) is 6.54 Å². The summed E-state index contributed by atoms with van der Waals surface area (Å²) in [6, 6.07) is 6.23. The zero-order valence-corrected chi connectivity index (χ0v) is 10.8. The Hall–Kier alpha value is -0.380. The van der Waals surface area contributed by atoms with Crippen LogP contribution in [0.4, 0.5) is 0 Å². The molecule has 0 radical (unpaired) electrons. The number of aliphatic hydroxyl groups is 1. The van der Waals surface area contributed by atoms with E-state index in [2.05, 4.69) is 35.0 Å². The summed E-state index contributed by atoms with van der Waals surface area (Å²) >= 11 is 3.47. The van der Waals surface area contributed by atoms with Crippen molar-refractivity contribution in [3.05, 3.63) is 33.8 Å². The summed E-state index contributed by atoms with van der Waals surface area (Å²) in [5.41, 5.74) is 8.13. The lowest BCUT2D eigenvalue weighted by Gasteiger charge is -2.17. The molecule has 2 atom stereocenters. The normalized spacial score (nSPS) is 15.0. The predicted octanol–water partition coefficient (Wildman–Crippen LogP) is 2.57. The number of rotatable bonds is 4. The fourth-order valence-corrected chi connectivity index (χ4v) is 1.95. The zero-order chi connectivity index (χ0) is 11.4. The predicted molar refractivity (Wildman–Crippen MR) is 67.0 cm³/mol. The van der Waals surface area contributed by atoms with Gasteiger partial charge >= 0.3 is 0 Å². The smallest absolute Gasteiger partial charge is 0.0518 e. The van der Waals surface area contributed by atoms with Gasteiger partial charge in [-0.15, -0.1) is 0 Å². The first-order valence-electron chi connectivity index (χ1n) is 5.18. The molecule has 84 valence electrons. The summed E-state index contributed by atoms with van der Waals surface area (Å²) < 4.78 is 1.11. The van der Waals surface area contributed by atoms with Crippen LogP contribution < -0.4 is 5.73 Å². The Balaban J connectivity index is 2.87. The average molecular weight is 272 g/mol. The van der Waals surface area contributed by atoms with Gasteiger partial charge in [-0.3, -0.25) is 0 Å². The Labute approximate surface area is 99.6 Å². The SMILES string of the molecule is Cc1cc(C(CN)CC(C)O)ccc1Br. The molecule has 0 saturated carbocycles. The van der Waals surface area contributed by atoms with Crippen molar-refractivity contribution in [1.29, 1.82) is 0 Å². The van der Waals surface area contributed by atoms with Gasteiger partial charge in [0.25, 0.3) is 0 Å². The van der Waals surface area contributed by atoms with Gasteiger partial charge in [-0.05, 0) is 49.9 Å². The first-order valence-corrected chi connectivity index (χ1v) is 5.98. The minimum atomic E-state index is -0.303. The molecular weight excluding hydrogens is 254 g/mol. The Morgan fingerprint density at radius 1 is 1.47 bits per heavy atom. The van der Waals surface area contributed by atoms with Crippen LogP contribution >= 0.6 is 15.9 Å². The molecule has 0 heterocycles. The molecule has 0 aliphatic carbocycles. The van der Waals surface area contributed by atoms with Gasteiger partial charge < -0.3 is 10.8 Å². The number of hydrogen-bond acceptors (Lipinski definition) is 2. The second kappa shape index (κ2) is 5.64. The average Bonchev–Trinajstić information content (AvgIpc) is 2.18. The first kappa shape index (κ1) is 12.7. The highest BCUT2D eigenvalue weighted by Gasteiger charge is 2.13. The van der Waals surface area contributed by atoms with Gasteiger partial charge in [0.05, 0.1) is 6.10 Å². The molecule has 2 nitrogen and oxygen atoms in total. The van der Waals surface area contributed by atoms with Crippen LogP contribution in [0.3, 0.4) is 0 Å². The molecular formula is C12H18BrNO. The Morgan fingerprint density at radius 3 is 2.60 bits per heavy atom. The molecule has 3 N–H and O–H groups in total. The minimum Gasteiger partial charge on any atom is -0.393 e. The van der Waals surface area contributed by atoms with Gasteiger partial charge in [0.15, 0.2) is 0 Å². The lowest BCUT2D eigenvalue weighted by molar-refractivity contribution is 0.175. The second-order valence-corrected chi connectivity index (χ2v) is 4.88. The lowest BCUT2D eigenvalue weighted by atomic mass is 9.92. The van der Waals surface area contributed by atoms with E-state index in [9.17, 15) is 5.11 Å². The van der Waals surface area contributed by atoms with Crippen LogP contribution in [0.15, 0.2) is 22.7 Å². The standard InChI is InChI=1S/C12H18BrNO/c1-8-5-10(3-4-12(8)13)11(7-14)6-9(2)15/h3-5,9,11,15H,6-7,14H2,1-2H3. The zero-order valence-electron chi connectivity index (χ0n) is 9.20. The summed E-state index contributed by atoms with van der Waals surface area (Å²) in [6.45, 7) is 4.43. The first-order chi connectivity index (χ1) is 7.04. The Kier molecular flexibility index (Phi) is 4.77. The number of halogens is 1. The highest BCUT2D eigenvalue weighted by molar-refractivity contribution is 9.10. The molecule has 0 spiro atoms. The van der Waals surface area contributed by atoms with Crippen LogP contribution in [0.2, 0.25) is 0 Å². The van der Waals surface area contributed by atoms with Crippen LogP contribution in [0.25, 0.3) is 0 Å². The van der Waals surface area contributed by atoms with E-state index < -0.39 is 0 Å². The van der Waals surface area contributed by atoms with E-state index >= 15 is 0 Å². The third-order valence-corrected chi connectivity index (χ3v) is 3.45. The van der Waals surface area contributed by atoms with Crippen LogP contribution in [-0.2, 0) is 0 Å². The molecule has 0 amide bonds. The van der Waals surface area contributed by atoms with E-state index in [1.165, 1.54) is 11.1 Å². The highest BCUT2D eigenvalue weighted by Crippen LogP contribution is 2.25. The molecule has 0 bridgehead atoms. The molecule has 0 fully saturated rings. The molecule has 15 heavy (non-hydrogen) atoms. The molecule has 0 aliphatic rings. The number of aryl methyl sites for hydroxylation is 1. The number of benzene rings is 1. The molecule has 1 aromatic carbocycles. The monoisotopic (exact) mass is 271 g/mol. The van der Waals surface area contributed by atoms with E-state index in [4.69, 9.17) is 5.73 Å². The van der Waals surface area contributed by atoms with Crippen molar-refractivity contribution in [2.24, 2.45) is 5.73 Å². The van der Waals surface area contributed by atoms with Crippen LogP contribution in [0.5, 0.6) is 0 Å². The third-order valence-electron chi connectivity index (χ3n) is 2.56. The highest BCUT2D eigenvalue weighted by atomic mass is 79.9. The largest absolute Gasteiger partial charge is 0.393 e. The molecule has 2 unspecified atom stereocenters. The summed E-state index contributed by atoms with van der Waals surface area (Å²) in [5.74, 6) is 0.247. The molecule has 3 heteroatoms. The van der Waals surface area contributed by atoms with Crippen LogP contribution in [0.1, 0.15) is 30.4 Å². The van der Waals surface area contributed by atoms with Gasteiger partial charge in [0.2, 0.25) is 0 Å². The van der Waals surface area contributed by atoms with Gasteiger partial charge in [0, 0.05) is 4.47 Å². The fraction of sp³-hybridized carbons (Fsp3) is 0.500. The van der Waals surface area contributed by atoms with E-state index in [-0.39, 0.29) is 12.0 Å². The quantitative estimate of drug-likeness (QED) is 0.884. The topological polar surface area (TPSA) is 46.2 Å². The summed E-state index contributed by atoms with van der Waals surface area (Å²) in [4.78, 5) is 0. The molecule has 0 saturated heterocycles. The number of hydrogen-bond donors (Lipinski definition) is 2. The molecule has 0 aliphatic heterocycles. The van der Waals surface area contributed by atoms with Crippen LogP contribution in [-0.4, -0.2) is 17.8 Å². The van der Waals surface area contributed by atoms with Crippen molar-refractivity contribution < 1.29 is 5.11 Å². The maximum atomic E-state index is 9.37. The number of aliphatic hydroxyl groups excluding tert-OH is 1. The van der Waals surface area contributed by atoms with E-state index in [0.717, 1.165) is 10.9 Å². The summed E-state index contributed by atoms with van der Waals surface area (Å²) in [7, 11) is 0. The second-order valence-electron chi connectivity index (χ2n) is 4.03. The van der Waals surface area contributed by atoms with Gasteiger partial charge in [-0.25, -0.2) is 0 Å². The maximum absolute atomic E-state index is 9.37. The maximum Gasteiger partial charge on any atom is 0.0518 e. The van der Waals surface area contributed by atoms with Gasteiger partial charge in [0.1, 0.15) is 0 Å². The molecule has 0 aromatic heterocycles. The van der Waals surface area contributed by atoms with E-state index in [1.54, 1.807) is 6.92 Å². The van der Waals surface area contributed by atoms with Gasteiger partial charge in [-0.2, -0.15) is 0 Å². The van der Waals surface area contributed by atoms with Crippen molar-refractivity contribution in [3.63, 3.8) is 0 Å². The van der Waals surface area contributed by atoms with Crippen molar-refractivity contribution in [1.82, 2.24) is 0 Å². The molecule has 1 aromatic rings. The summed E-state index contributed by atoms with van der Waals surface area (Å²) in [5, 5.41) is 9.37. The van der Waals surface area contributed by atoms with Crippen molar-refractivity contribution in [2.45, 2.75) is 32.3 Å². The van der Waals surface area contributed by atoms with Crippen molar-refractivity contribution in [2.75, 3.05) is 6.54 Å². The van der Waals surface area contributed by atoms with Gasteiger partial charge in [-0.1, -0.05) is 28.1 Å². The molecule has 1 rings (SSSR count). The Bertz CT molecular complexity index is 325. The number of nitrogens with two attached hydrogens (primary N) is 1.